The number of benzene rings is 2. The molecule has 4 nitrogen and oxygen atoms in total. The molecule has 1 amide bonds. The van der Waals surface area contributed by atoms with Gasteiger partial charge in [-0.2, -0.15) is 0 Å². The normalized spacial score (nSPS) is 20.2. The van der Waals surface area contributed by atoms with Gasteiger partial charge in [0.05, 0.1) is 7.11 Å². The number of piperidine rings is 1. The molecule has 30 heavy (non-hydrogen) atoms. The standard InChI is InChI=1S/C26H34N2O2/c1-19-14-20(2)16-21(15-19)18-28-12-9-26(10-13-28)17-23(26)25(29)27-11-8-22-6-4-5-7-24(22)30-3/h4-7,14-16,23H,8-13,17-18H2,1-3H3,(H,27,29). The van der Waals surface area contributed by atoms with Crippen molar-refractivity contribution in [3.63, 3.8) is 0 Å². The lowest BCUT2D eigenvalue weighted by Gasteiger charge is -2.33. The van der Waals surface area contributed by atoms with E-state index in [4.69, 9.17) is 4.74 Å². The first-order valence-corrected chi connectivity index (χ1v) is 11.2. The molecule has 1 heterocycles. The molecule has 160 valence electrons. The van der Waals surface area contributed by atoms with Crippen LogP contribution < -0.4 is 10.1 Å². The van der Waals surface area contributed by atoms with Crippen molar-refractivity contribution in [1.29, 1.82) is 0 Å². The van der Waals surface area contributed by atoms with Gasteiger partial charge in [0.15, 0.2) is 0 Å². The van der Waals surface area contributed by atoms with Gasteiger partial charge in [-0.25, -0.2) is 0 Å². The fourth-order valence-electron chi connectivity index (χ4n) is 5.20. The van der Waals surface area contributed by atoms with Crippen molar-refractivity contribution >= 4 is 5.91 Å². The van der Waals surface area contributed by atoms with E-state index in [1.807, 2.05) is 18.2 Å². The van der Waals surface area contributed by atoms with Crippen molar-refractivity contribution in [3.8, 4) is 5.75 Å². The third-order valence-corrected chi connectivity index (χ3v) is 6.93. The number of aryl methyl sites for hydroxylation is 2. The molecule has 1 N–H and O–H groups in total. The Morgan fingerprint density at radius 1 is 1.13 bits per heavy atom. The largest absolute Gasteiger partial charge is 0.496 e. The van der Waals surface area contributed by atoms with Crippen LogP contribution in [0.15, 0.2) is 42.5 Å². The molecule has 1 spiro atoms. The van der Waals surface area contributed by atoms with Crippen LogP contribution in [0.4, 0.5) is 0 Å². The van der Waals surface area contributed by atoms with Gasteiger partial charge in [-0.3, -0.25) is 9.69 Å². The average molecular weight is 407 g/mol. The number of amides is 1. The summed E-state index contributed by atoms with van der Waals surface area (Å²) in [6.07, 6.45) is 4.15. The Morgan fingerprint density at radius 2 is 1.83 bits per heavy atom. The van der Waals surface area contributed by atoms with E-state index in [1.54, 1.807) is 7.11 Å². The van der Waals surface area contributed by atoms with E-state index >= 15 is 0 Å². The number of likely N-dealkylation sites (tertiary alicyclic amines) is 1. The molecule has 0 aromatic heterocycles. The summed E-state index contributed by atoms with van der Waals surface area (Å²) in [6, 6.07) is 14.9. The maximum atomic E-state index is 12.7. The number of ether oxygens (including phenoxy) is 1. The number of carbonyl (C=O) groups is 1. The predicted molar refractivity (Wildman–Crippen MR) is 121 cm³/mol. The highest BCUT2D eigenvalue weighted by Gasteiger charge is 2.58. The first-order valence-electron chi connectivity index (χ1n) is 11.2. The topological polar surface area (TPSA) is 41.6 Å². The van der Waals surface area contributed by atoms with Crippen molar-refractivity contribution in [2.45, 2.75) is 46.1 Å². The summed E-state index contributed by atoms with van der Waals surface area (Å²) in [5.74, 6) is 1.34. The van der Waals surface area contributed by atoms with Crippen molar-refractivity contribution < 1.29 is 9.53 Å². The van der Waals surface area contributed by atoms with Crippen LogP contribution in [0.25, 0.3) is 0 Å². The molecule has 2 aromatic carbocycles. The summed E-state index contributed by atoms with van der Waals surface area (Å²) in [5.41, 5.74) is 5.49. The lowest BCUT2D eigenvalue weighted by molar-refractivity contribution is -0.123. The minimum atomic E-state index is 0.207. The number of rotatable bonds is 7. The summed E-state index contributed by atoms with van der Waals surface area (Å²) < 4.78 is 5.40. The molecule has 2 fully saturated rings. The van der Waals surface area contributed by atoms with Gasteiger partial charge >= 0.3 is 0 Å². The number of hydrogen-bond acceptors (Lipinski definition) is 3. The van der Waals surface area contributed by atoms with Crippen LogP contribution in [0.5, 0.6) is 5.75 Å². The Bertz CT molecular complexity index is 879. The molecule has 1 aliphatic heterocycles. The van der Waals surface area contributed by atoms with E-state index < -0.39 is 0 Å². The van der Waals surface area contributed by atoms with Crippen LogP contribution in [0.2, 0.25) is 0 Å². The van der Waals surface area contributed by atoms with Crippen molar-refractivity contribution in [3.05, 3.63) is 64.7 Å². The van der Waals surface area contributed by atoms with Crippen LogP contribution >= 0.6 is 0 Å². The lowest BCUT2D eigenvalue weighted by Crippen LogP contribution is -2.37. The Morgan fingerprint density at radius 3 is 2.53 bits per heavy atom. The molecule has 2 aliphatic rings. The van der Waals surface area contributed by atoms with Gasteiger partial charge in [-0.05, 0) is 75.2 Å². The molecule has 1 unspecified atom stereocenters. The Hall–Kier alpha value is -2.33. The minimum absolute atomic E-state index is 0.207. The number of methoxy groups -OCH3 is 1. The third-order valence-electron chi connectivity index (χ3n) is 6.93. The second kappa shape index (κ2) is 8.81. The SMILES string of the molecule is COc1ccccc1CCNC(=O)C1CC12CCN(Cc1cc(C)cc(C)c1)CC2. The molecular formula is C26H34N2O2. The van der Waals surface area contributed by atoms with Crippen LogP contribution in [0, 0.1) is 25.2 Å². The Kier molecular flexibility index (Phi) is 6.14. The first-order chi connectivity index (χ1) is 14.5. The maximum absolute atomic E-state index is 12.7. The smallest absolute Gasteiger partial charge is 0.223 e. The molecule has 1 saturated heterocycles. The molecule has 1 saturated carbocycles. The van der Waals surface area contributed by atoms with Crippen LogP contribution in [0.3, 0.4) is 0 Å². The summed E-state index contributed by atoms with van der Waals surface area (Å²) in [7, 11) is 1.69. The second-order valence-electron chi connectivity index (χ2n) is 9.24. The molecular weight excluding hydrogens is 372 g/mol. The molecule has 4 heteroatoms. The Labute approximate surface area is 180 Å². The number of nitrogens with zero attached hydrogens (tertiary/aromatic N) is 1. The predicted octanol–water partition coefficient (Wildman–Crippen LogP) is 4.27. The molecule has 2 aromatic rings. The zero-order chi connectivity index (χ0) is 21.1. The lowest BCUT2D eigenvalue weighted by atomic mass is 9.90. The zero-order valence-corrected chi connectivity index (χ0v) is 18.5. The van der Waals surface area contributed by atoms with E-state index in [2.05, 4.69) is 48.3 Å². The minimum Gasteiger partial charge on any atom is -0.496 e. The monoisotopic (exact) mass is 406 g/mol. The average Bonchev–Trinajstić information content (AvgIpc) is 3.43. The van der Waals surface area contributed by atoms with Gasteiger partial charge in [-0.1, -0.05) is 47.5 Å². The molecule has 0 bridgehead atoms. The number of nitrogens with one attached hydrogen (secondary N) is 1. The van der Waals surface area contributed by atoms with Crippen LogP contribution in [0.1, 0.15) is 41.5 Å². The number of hydrogen-bond donors (Lipinski definition) is 1. The highest BCUT2D eigenvalue weighted by atomic mass is 16.5. The summed E-state index contributed by atoms with van der Waals surface area (Å²) in [6.45, 7) is 8.22. The quantitative estimate of drug-likeness (QED) is 0.746. The van der Waals surface area contributed by atoms with E-state index in [1.165, 1.54) is 16.7 Å². The van der Waals surface area contributed by atoms with Gasteiger partial charge in [-0.15, -0.1) is 0 Å². The van der Waals surface area contributed by atoms with E-state index in [9.17, 15) is 4.79 Å². The van der Waals surface area contributed by atoms with Gasteiger partial charge in [0.2, 0.25) is 5.91 Å². The highest BCUT2D eigenvalue weighted by Crippen LogP contribution is 2.59. The van der Waals surface area contributed by atoms with Gasteiger partial charge in [0, 0.05) is 19.0 Å². The van der Waals surface area contributed by atoms with E-state index in [0.29, 0.717) is 6.54 Å². The fourth-order valence-corrected chi connectivity index (χ4v) is 5.20. The van der Waals surface area contributed by atoms with Gasteiger partial charge in [0.25, 0.3) is 0 Å². The molecule has 1 atom stereocenters. The Balaban J connectivity index is 1.23. The molecule has 1 aliphatic carbocycles. The third kappa shape index (κ3) is 4.70. The summed E-state index contributed by atoms with van der Waals surface area (Å²) >= 11 is 0. The number of carbonyl (C=O) groups excluding carboxylic acids is 1. The summed E-state index contributed by atoms with van der Waals surface area (Å²) in [4.78, 5) is 15.3. The summed E-state index contributed by atoms with van der Waals surface area (Å²) in [5, 5.41) is 3.17. The van der Waals surface area contributed by atoms with Crippen molar-refractivity contribution in [1.82, 2.24) is 10.2 Å². The zero-order valence-electron chi connectivity index (χ0n) is 18.5. The van der Waals surface area contributed by atoms with Crippen LogP contribution in [-0.2, 0) is 17.8 Å². The van der Waals surface area contributed by atoms with Gasteiger partial charge in [0.1, 0.15) is 5.75 Å². The molecule has 4 rings (SSSR count). The fraction of sp³-hybridized carbons (Fsp3) is 0.500. The van der Waals surface area contributed by atoms with Crippen molar-refractivity contribution in [2.24, 2.45) is 11.3 Å². The van der Waals surface area contributed by atoms with Gasteiger partial charge < -0.3 is 10.1 Å². The maximum Gasteiger partial charge on any atom is 0.223 e. The highest BCUT2D eigenvalue weighted by molar-refractivity contribution is 5.82. The van der Waals surface area contributed by atoms with Crippen LogP contribution in [-0.4, -0.2) is 37.6 Å². The molecule has 0 radical (unpaired) electrons. The van der Waals surface area contributed by atoms with E-state index in [0.717, 1.165) is 56.6 Å². The second-order valence-corrected chi connectivity index (χ2v) is 9.24. The van der Waals surface area contributed by atoms with Crippen molar-refractivity contribution in [2.75, 3.05) is 26.7 Å². The first kappa shape index (κ1) is 20.9. The number of para-hydroxylation sites is 1. The van der Waals surface area contributed by atoms with E-state index in [-0.39, 0.29) is 17.2 Å².